The molecule has 0 aromatic carbocycles. The molecule has 1 unspecified atom stereocenters. The van der Waals surface area contributed by atoms with Crippen LogP contribution >= 0.6 is 35.7 Å². The molecule has 1 atom stereocenters. The van der Waals surface area contributed by atoms with Crippen LogP contribution in [-0.2, 0) is 0 Å². The van der Waals surface area contributed by atoms with Crippen molar-refractivity contribution < 1.29 is 5.11 Å². The van der Waals surface area contributed by atoms with Crippen LogP contribution in [0.1, 0.15) is 52.4 Å². The lowest BCUT2D eigenvalue weighted by Gasteiger charge is -2.27. The highest BCUT2D eigenvalue weighted by molar-refractivity contribution is 14.0. The van der Waals surface area contributed by atoms with Gasteiger partial charge in [0.2, 0.25) is 0 Å². The molecular weight excluding hydrogens is 409 g/mol. The third-order valence-corrected chi connectivity index (χ3v) is 6.23. The third-order valence-electron chi connectivity index (χ3n) is 5.00. The Labute approximate surface area is 156 Å². The summed E-state index contributed by atoms with van der Waals surface area (Å²) in [6, 6.07) is 0. The number of nitrogens with one attached hydrogen (secondary N) is 2. The molecule has 1 saturated carbocycles. The van der Waals surface area contributed by atoms with E-state index in [1.54, 1.807) is 0 Å². The Morgan fingerprint density at radius 1 is 1.18 bits per heavy atom. The van der Waals surface area contributed by atoms with Gasteiger partial charge in [-0.25, -0.2) is 0 Å². The summed E-state index contributed by atoms with van der Waals surface area (Å²) in [5, 5.41) is 17.1. The lowest BCUT2D eigenvalue weighted by molar-refractivity contribution is 0.0724. The third kappa shape index (κ3) is 5.74. The summed E-state index contributed by atoms with van der Waals surface area (Å²) in [6.07, 6.45) is 7.42. The summed E-state index contributed by atoms with van der Waals surface area (Å²) >= 11 is 1.83. The molecule has 0 spiro atoms. The van der Waals surface area contributed by atoms with E-state index < -0.39 is 5.60 Å². The van der Waals surface area contributed by atoms with Crippen molar-refractivity contribution in [3.63, 3.8) is 0 Å². The lowest BCUT2D eigenvalue weighted by atomic mass is 9.84. The van der Waals surface area contributed by atoms with Crippen molar-refractivity contribution >= 4 is 41.7 Å². The highest BCUT2D eigenvalue weighted by Crippen LogP contribution is 2.41. The molecule has 0 aromatic rings. The predicted octanol–water partition coefficient (Wildman–Crippen LogP) is 3.00. The number of halogens is 1. The van der Waals surface area contributed by atoms with E-state index in [9.17, 15) is 5.11 Å². The average molecular weight is 441 g/mol. The highest BCUT2D eigenvalue weighted by Gasteiger charge is 2.33. The molecule has 0 radical (unpaired) electrons. The van der Waals surface area contributed by atoms with Crippen molar-refractivity contribution in [2.24, 2.45) is 10.4 Å². The second-order valence-electron chi connectivity index (χ2n) is 6.64. The summed E-state index contributed by atoms with van der Waals surface area (Å²) in [6.45, 7) is 6.75. The zero-order chi connectivity index (χ0) is 15.2. The molecule has 0 amide bonds. The van der Waals surface area contributed by atoms with Crippen LogP contribution in [0.5, 0.6) is 0 Å². The maximum Gasteiger partial charge on any atom is 0.191 e. The normalized spacial score (nSPS) is 27.5. The minimum absolute atomic E-state index is 0. The Balaban J connectivity index is 0.00000242. The van der Waals surface area contributed by atoms with Crippen molar-refractivity contribution in [2.75, 3.05) is 31.1 Å². The summed E-state index contributed by atoms with van der Waals surface area (Å²) < 4.78 is 0. The summed E-state index contributed by atoms with van der Waals surface area (Å²) in [4.78, 5) is 4.81. The fourth-order valence-electron chi connectivity index (χ4n) is 3.32. The van der Waals surface area contributed by atoms with Gasteiger partial charge in [-0.15, -0.1) is 24.0 Å². The molecule has 0 aromatic heterocycles. The first-order chi connectivity index (χ1) is 10.1. The summed E-state index contributed by atoms with van der Waals surface area (Å²) in [5.74, 6) is 2.76. The Kier molecular flexibility index (Phi) is 8.85. The van der Waals surface area contributed by atoms with Gasteiger partial charge in [0.15, 0.2) is 5.96 Å². The number of rotatable bonds is 6. The number of aliphatic imine (C=N–C) groups is 1. The fraction of sp³-hybridized carbons (Fsp3) is 0.938. The van der Waals surface area contributed by atoms with Gasteiger partial charge in [0.1, 0.15) is 0 Å². The van der Waals surface area contributed by atoms with Gasteiger partial charge in [0.25, 0.3) is 0 Å². The molecule has 2 rings (SSSR count). The van der Waals surface area contributed by atoms with Crippen molar-refractivity contribution in [1.82, 2.24) is 10.6 Å². The molecule has 2 aliphatic rings. The zero-order valence-electron chi connectivity index (χ0n) is 14.0. The van der Waals surface area contributed by atoms with E-state index in [4.69, 9.17) is 4.99 Å². The quantitative estimate of drug-likeness (QED) is 0.337. The largest absolute Gasteiger partial charge is 0.387 e. The first-order valence-corrected chi connectivity index (χ1v) is 9.59. The number of hydrogen-bond donors (Lipinski definition) is 3. The van der Waals surface area contributed by atoms with E-state index in [1.165, 1.54) is 32.1 Å². The van der Waals surface area contributed by atoms with Crippen LogP contribution in [-0.4, -0.2) is 47.8 Å². The summed E-state index contributed by atoms with van der Waals surface area (Å²) in [5.41, 5.74) is -0.140. The van der Waals surface area contributed by atoms with E-state index in [0.29, 0.717) is 12.0 Å². The highest BCUT2D eigenvalue weighted by atomic mass is 127. The molecule has 1 aliphatic heterocycles. The molecule has 6 heteroatoms. The molecule has 0 bridgehead atoms. The van der Waals surface area contributed by atoms with Crippen LogP contribution in [0, 0.1) is 5.41 Å². The van der Waals surface area contributed by atoms with Crippen molar-refractivity contribution in [1.29, 1.82) is 0 Å². The number of aliphatic hydroxyl groups is 1. The average Bonchev–Trinajstić information content (AvgIpc) is 3.12. The Morgan fingerprint density at radius 2 is 1.91 bits per heavy atom. The minimum atomic E-state index is -0.559. The molecule has 1 heterocycles. The summed E-state index contributed by atoms with van der Waals surface area (Å²) in [7, 11) is 0. The van der Waals surface area contributed by atoms with E-state index in [-0.39, 0.29) is 24.0 Å². The first kappa shape index (κ1) is 20.4. The maximum absolute atomic E-state index is 10.4. The van der Waals surface area contributed by atoms with Crippen LogP contribution in [0.15, 0.2) is 4.99 Å². The molecule has 4 nitrogen and oxygen atoms in total. The monoisotopic (exact) mass is 441 g/mol. The smallest absolute Gasteiger partial charge is 0.191 e. The Bertz CT molecular complexity index is 353. The van der Waals surface area contributed by atoms with E-state index in [1.807, 2.05) is 11.8 Å². The minimum Gasteiger partial charge on any atom is -0.387 e. The van der Waals surface area contributed by atoms with Crippen LogP contribution in [0.25, 0.3) is 0 Å². The number of hydrogen-bond acceptors (Lipinski definition) is 3. The standard InChI is InChI=1S/C16H31N3OS.HI/c1-3-15(7-5-6-8-15)11-18-14(17-4-2)19-12-16(20)9-10-21-13-16;/h20H,3-13H2,1-2H3,(H2,17,18,19);1H. The van der Waals surface area contributed by atoms with E-state index in [2.05, 4.69) is 24.5 Å². The van der Waals surface area contributed by atoms with Gasteiger partial charge in [0.05, 0.1) is 5.60 Å². The Morgan fingerprint density at radius 3 is 2.45 bits per heavy atom. The topological polar surface area (TPSA) is 56.7 Å². The lowest BCUT2D eigenvalue weighted by Crippen LogP contribution is -2.47. The maximum atomic E-state index is 10.4. The molecule has 3 N–H and O–H groups in total. The molecule has 1 aliphatic carbocycles. The second kappa shape index (κ2) is 9.57. The molecule has 22 heavy (non-hydrogen) atoms. The zero-order valence-corrected chi connectivity index (χ0v) is 17.1. The van der Waals surface area contributed by atoms with Crippen molar-refractivity contribution in [3.8, 4) is 0 Å². The van der Waals surface area contributed by atoms with Gasteiger partial charge < -0.3 is 15.7 Å². The number of thioether (sulfide) groups is 1. The molecule has 130 valence electrons. The van der Waals surface area contributed by atoms with Crippen molar-refractivity contribution in [3.05, 3.63) is 0 Å². The van der Waals surface area contributed by atoms with Crippen LogP contribution in [0.2, 0.25) is 0 Å². The first-order valence-electron chi connectivity index (χ1n) is 8.44. The number of nitrogens with zero attached hydrogens (tertiary/aromatic N) is 1. The van der Waals surface area contributed by atoms with Gasteiger partial charge in [-0.1, -0.05) is 19.8 Å². The number of guanidine groups is 1. The molecule has 2 fully saturated rings. The van der Waals surface area contributed by atoms with Gasteiger partial charge in [-0.05, 0) is 43.8 Å². The SMILES string of the molecule is CCNC(=NCC1(CC)CCCC1)NCC1(O)CCSC1.I. The van der Waals surface area contributed by atoms with Crippen LogP contribution in [0.3, 0.4) is 0 Å². The second-order valence-corrected chi connectivity index (χ2v) is 7.74. The van der Waals surface area contributed by atoms with Crippen LogP contribution in [0.4, 0.5) is 0 Å². The van der Waals surface area contributed by atoms with Gasteiger partial charge in [-0.3, -0.25) is 4.99 Å². The van der Waals surface area contributed by atoms with E-state index >= 15 is 0 Å². The Hall–Kier alpha value is 0.310. The van der Waals surface area contributed by atoms with Crippen molar-refractivity contribution in [2.45, 2.75) is 58.0 Å². The van der Waals surface area contributed by atoms with Gasteiger partial charge in [0, 0.05) is 25.4 Å². The van der Waals surface area contributed by atoms with Crippen LogP contribution < -0.4 is 10.6 Å². The molecular formula is C16H32IN3OS. The fourth-order valence-corrected chi connectivity index (χ4v) is 4.62. The van der Waals surface area contributed by atoms with Gasteiger partial charge in [-0.2, -0.15) is 11.8 Å². The molecule has 1 saturated heterocycles. The van der Waals surface area contributed by atoms with Gasteiger partial charge >= 0.3 is 0 Å². The van der Waals surface area contributed by atoms with E-state index in [0.717, 1.165) is 37.0 Å². The predicted molar refractivity (Wildman–Crippen MR) is 107 cm³/mol.